The largest absolute Gasteiger partial charge is 0.469 e. The molecule has 0 spiro atoms. The second-order valence-electron chi connectivity index (χ2n) is 6.58. The van der Waals surface area contributed by atoms with Crippen LogP contribution in [0.4, 0.5) is 0 Å². The van der Waals surface area contributed by atoms with Crippen LogP contribution in [0.3, 0.4) is 0 Å². The summed E-state index contributed by atoms with van der Waals surface area (Å²) in [6.07, 6.45) is 1.41. The molecule has 9 heteroatoms. The SMILES string of the molecule is CN=C(NCc1ccccc1S(=O)(=O)N(C)C)N1CCC(C(=O)OC)CC1. The van der Waals surface area contributed by atoms with Gasteiger partial charge in [0.1, 0.15) is 0 Å². The fourth-order valence-electron chi connectivity index (χ4n) is 3.10. The highest BCUT2D eigenvalue weighted by molar-refractivity contribution is 7.89. The van der Waals surface area contributed by atoms with Gasteiger partial charge < -0.3 is 15.0 Å². The number of carbonyl (C=O) groups excluding carboxylic acids is 1. The van der Waals surface area contributed by atoms with E-state index in [1.165, 1.54) is 25.5 Å². The average Bonchev–Trinajstić information content (AvgIpc) is 2.68. The number of nitrogens with one attached hydrogen (secondary N) is 1. The highest BCUT2D eigenvalue weighted by Gasteiger charge is 2.27. The topological polar surface area (TPSA) is 91.3 Å². The van der Waals surface area contributed by atoms with Gasteiger partial charge in [-0.15, -0.1) is 0 Å². The monoisotopic (exact) mass is 396 g/mol. The maximum Gasteiger partial charge on any atom is 0.308 e. The number of likely N-dealkylation sites (tertiary alicyclic amines) is 1. The first-order valence-electron chi connectivity index (χ1n) is 8.85. The first kappa shape index (κ1) is 21.2. The van der Waals surface area contributed by atoms with Gasteiger partial charge in [0.05, 0.1) is 17.9 Å². The molecule has 1 fully saturated rings. The number of nitrogens with zero attached hydrogens (tertiary/aromatic N) is 3. The molecule has 0 bridgehead atoms. The number of hydrogen-bond acceptors (Lipinski definition) is 5. The molecule has 150 valence electrons. The lowest BCUT2D eigenvalue weighted by atomic mass is 9.97. The van der Waals surface area contributed by atoms with Crippen molar-refractivity contribution >= 4 is 22.0 Å². The molecule has 1 saturated heterocycles. The molecule has 0 atom stereocenters. The number of guanidine groups is 1. The molecule has 0 radical (unpaired) electrons. The minimum absolute atomic E-state index is 0.0738. The number of benzene rings is 1. The summed E-state index contributed by atoms with van der Waals surface area (Å²) in [5, 5.41) is 3.24. The summed E-state index contributed by atoms with van der Waals surface area (Å²) in [7, 11) is 2.62. The third-order valence-corrected chi connectivity index (χ3v) is 6.62. The number of rotatable bonds is 5. The Kier molecular flexibility index (Phi) is 7.20. The van der Waals surface area contributed by atoms with E-state index in [1.54, 1.807) is 25.2 Å². The number of esters is 1. The minimum Gasteiger partial charge on any atom is -0.469 e. The molecule has 2 rings (SSSR count). The summed E-state index contributed by atoms with van der Waals surface area (Å²) in [5.41, 5.74) is 0.678. The van der Waals surface area contributed by atoms with Gasteiger partial charge in [-0.2, -0.15) is 0 Å². The van der Waals surface area contributed by atoms with Crippen molar-refractivity contribution in [2.45, 2.75) is 24.3 Å². The van der Waals surface area contributed by atoms with Gasteiger partial charge in [-0.05, 0) is 24.5 Å². The van der Waals surface area contributed by atoms with Crippen molar-refractivity contribution in [3.63, 3.8) is 0 Å². The Balaban J connectivity index is 2.05. The standard InChI is InChI=1S/C18H28N4O4S/c1-19-18(22-11-9-14(10-12-22)17(23)26-4)20-13-15-7-5-6-8-16(15)27(24,25)21(2)3/h5-8,14H,9-13H2,1-4H3,(H,19,20). The van der Waals surface area contributed by atoms with Crippen LogP contribution in [-0.2, 0) is 26.1 Å². The smallest absolute Gasteiger partial charge is 0.308 e. The maximum absolute atomic E-state index is 12.5. The fourth-order valence-corrected chi connectivity index (χ4v) is 4.21. The molecular formula is C18H28N4O4S. The number of hydrogen-bond donors (Lipinski definition) is 1. The molecule has 0 saturated carbocycles. The number of piperidine rings is 1. The molecule has 0 aromatic heterocycles. The number of carbonyl (C=O) groups is 1. The highest BCUT2D eigenvalue weighted by Crippen LogP contribution is 2.20. The van der Waals surface area contributed by atoms with E-state index in [0.29, 0.717) is 44.0 Å². The Labute approximate surface area is 161 Å². The van der Waals surface area contributed by atoms with E-state index in [4.69, 9.17) is 4.74 Å². The third kappa shape index (κ3) is 4.98. The van der Waals surface area contributed by atoms with Crippen molar-refractivity contribution in [2.75, 3.05) is 41.3 Å². The van der Waals surface area contributed by atoms with Gasteiger partial charge in [0.15, 0.2) is 5.96 Å². The second kappa shape index (κ2) is 9.18. The second-order valence-corrected chi connectivity index (χ2v) is 8.70. The van der Waals surface area contributed by atoms with E-state index < -0.39 is 10.0 Å². The van der Waals surface area contributed by atoms with Crippen molar-refractivity contribution < 1.29 is 17.9 Å². The van der Waals surface area contributed by atoms with Crippen molar-refractivity contribution in [3.8, 4) is 0 Å². The summed E-state index contributed by atoms with van der Waals surface area (Å²) in [6, 6.07) is 6.93. The number of sulfonamides is 1. The van der Waals surface area contributed by atoms with Crippen LogP contribution in [0.1, 0.15) is 18.4 Å². The van der Waals surface area contributed by atoms with Crippen LogP contribution in [0.25, 0.3) is 0 Å². The van der Waals surface area contributed by atoms with Gasteiger partial charge in [0.2, 0.25) is 10.0 Å². The van der Waals surface area contributed by atoms with Crippen LogP contribution in [0.5, 0.6) is 0 Å². The average molecular weight is 397 g/mol. The number of methoxy groups -OCH3 is 1. The molecule has 1 aliphatic heterocycles. The van der Waals surface area contributed by atoms with E-state index >= 15 is 0 Å². The fraction of sp³-hybridized carbons (Fsp3) is 0.556. The predicted molar refractivity (Wildman–Crippen MR) is 104 cm³/mol. The summed E-state index contributed by atoms with van der Waals surface area (Å²) < 4.78 is 31.0. The molecule has 0 amide bonds. The molecule has 0 unspecified atom stereocenters. The van der Waals surface area contributed by atoms with E-state index in [-0.39, 0.29) is 16.8 Å². The molecule has 1 aliphatic rings. The zero-order valence-electron chi connectivity index (χ0n) is 16.3. The molecule has 1 N–H and O–H groups in total. The number of aliphatic imine (C=N–C) groups is 1. The molecule has 1 heterocycles. The molecule has 27 heavy (non-hydrogen) atoms. The Morgan fingerprint density at radius 1 is 1.30 bits per heavy atom. The van der Waals surface area contributed by atoms with Crippen LogP contribution in [0, 0.1) is 5.92 Å². The summed E-state index contributed by atoms with van der Waals surface area (Å²) >= 11 is 0. The van der Waals surface area contributed by atoms with E-state index in [1.807, 2.05) is 6.07 Å². The lowest BCUT2D eigenvalue weighted by Gasteiger charge is -2.33. The van der Waals surface area contributed by atoms with Crippen LogP contribution in [0.2, 0.25) is 0 Å². The van der Waals surface area contributed by atoms with E-state index in [9.17, 15) is 13.2 Å². The lowest BCUT2D eigenvalue weighted by Crippen LogP contribution is -2.46. The zero-order chi connectivity index (χ0) is 20.0. The van der Waals surface area contributed by atoms with Gasteiger partial charge in [0, 0.05) is 40.8 Å². The zero-order valence-corrected chi connectivity index (χ0v) is 17.1. The quantitative estimate of drug-likeness (QED) is 0.452. The van der Waals surface area contributed by atoms with E-state index in [2.05, 4.69) is 15.2 Å². The van der Waals surface area contributed by atoms with Crippen LogP contribution in [-0.4, -0.2) is 70.9 Å². The van der Waals surface area contributed by atoms with Gasteiger partial charge >= 0.3 is 5.97 Å². The lowest BCUT2D eigenvalue weighted by molar-refractivity contribution is -0.146. The molecule has 1 aromatic rings. The van der Waals surface area contributed by atoms with E-state index in [0.717, 1.165) is 0 Å². The van der Waals surface area contributed by atoms with Crippen LogP contribution < -0.4 is 5.32 Å². The van der Waals surface area contributed by atoms with Crippen molar-refractivity contribution in [3.05, 3.63) is 29.8 Å². The predicted octanol–water partition coefficient (Wildman–Crippen LogP) is 0.897. The van der Waals surface area contributed by atoms with Crippen molar-refractivity contribution in [2.24, 2.45) is 10.9 Å². The molecule has 0 aliphatic carbocycles. The molecule has 8 nitrogen and oxygen atoms in total. The van der Waals surface area contributed by atoms with Crippen molar-refractivity contribution in [1.82, 2.24) is 14.5 Å². The summed E-state index contributed by atoms with van der Waals surface area (Å²) in [4.78, 5) is 18.3. The molecule has 1 aromatic carbocycles. The van der Waals surface area contributed by atoms with Crippen LogP contribution >= 0.6 is 0 Å². The van der Waals surface area contributed by atoms with Crippen LogP contribution in [0.15, 0.2) is 34.2 Å². The van der Waals surface area contributed by atoms with Gasteiger partial charge in [-0.3, -0.25) is 9.79 Å². The third-order valence-electron chi connectivity index (χ3n) is 4.71. The Morgan fingerprint density at radius 2 is 1.93 bits per heavy atom. The normalized spacial score (nSPS) is 16.5. The number of ether oxygens (including phenoxy) is 1. The summed E-state index contributed by atoms with van der Waals surface area (Å²) in [5.74, 6) is 0.450. The molecular weight excluding hydrogens is 368 g/mol. The maximum atomic E-state index is 12.5. The van der Waals surface area contributed by atoms with Gasteiger partial charge in [-0.1, -0.05) is 18.2 Å². The van der Waals surface area contributed by atoms with Gasteiger partial charge in [0.25, 0.3) is 0 Å². The Morgan fingerprint density at radius 3 is 2.48 bits per heavy atom. The minimum atomic E-state index is -3.52. The Hall–Kier alpha value is -2.13. The Bertz CT molecular complexity index is 784. The van der Waals surface area contributed by atoms with Gasteiger partial charge in [-0.25, -0.2) is 12.7 Å². The first-order valence-corrected chi connectivity index (χ1v) is 10.3. The summed E-state index contributed by atoms with van der Waals surface area (Å²) in [6.45, 7) is 1.72. The highest BCUT2D eigenvalue weighted by atomic mass is 32.2. The van der Waals surface area contributed by atoms with Crippen molar-refractivity contribution in [1.29, 1.82) is 0 Å². The first-order chi connectivity index (χ1) is 12.8.